The lowest BCUT2D eigenvalue weighted by Crippen LogP contribution is -2.28. The number of hydrogen-bond acceptors (Lipinski definition) is 6. The minimum Gasteiger partial charge on any atom is -0.481 e. The molecule has 10 heteroatoms. The fraction of sp³-hybridized carbons (Fsp3) is 0.200. The van der Waals surface area contributed by atoms with E-state index in [1.54, 1.807) is 12.1 Å². The Labute approximate surface area is 168 Å². The van der Waals surface area contributed by atoms with E-state index in [0.717, 1.165) is 17.7 Å². The lowest BCUT2D eigenvalue weighted by atomic mass is 9.71. The summed E-state index contributed by atoms with van der Waals surface area (Å²) in [5.41, 5.74) is 1.70. The molecule has 1 fully saturated rings. The van der Waals surface area contributed by atoms with Crippen LogP contribution >= 0.6 is 0 Å². The number of hydrogen-bond donors (Lipinski definition) is 3. The maximum absolute atomic E-state index is 13.2. The van der Waals surface area contributed by atoms with Gasteiger partial charge in [-0.1, -0.05) is 17.2 Å². The highest BCUT2D eigenvalue weighted by molar-refractivity contribution is 6.00. The molecule has 1 aromatic heterocycles. The van der Waals surface area contributed by atoms with E-state index in [9.17, 15) is 18.4 Å². The van der Waals surface area contributed by atoms with Gasteiger partial charge >= 0.3 is 23.8 Å². The largest absolute Gasteiger partial charge is 0.481 e. The highest BCUT2D eigenvalue weighted by Crippen LogP contribution is 2.41. The second-order valence-electron chi connectivity index (χ2n) is 6.95. The molecule has 0 aliphatic heterocycles. The number of aromatic nitrogens is 2. The van der Waals surface area contributed by atoms with E-state index in [4.69, 9.17) is 9.52 Å². The van der Waals surface area contributed by atoms with Crippen molar-refractivity contribution in [3.8, 4) is 0 Å². The van der Waals surface area contributed by atoms with E-state index in [-0.39, 0.29) is 29.4 Å². The summed E-state index contributed by atoms with van der Waals surface area (Å²) >= 11 is 0. The van der Waals surface area contributed by atoms with Gasteiger partial charge in [-0.25, -0.2) is 8.78 Å². The number of nitrogens with zero attached hydrogens (tertiary/aromatic N) is 2. The van der Waals surface area contributed by atoms with Gasteiger partial charge < -0.3 is 20.2 Å². The smallest absolute Gasteiger partial charge is 0.320 e. The molecule has 0 spiro atoms. The molecule has 1 aliphatic carbocycles. The maximum Gasteiger partial charge on any atom is 0.320 e. The topological polar surface area (TPSA) is 117 Å². The standard InChI is InChI=1S/C20H16F2N4O4/c21-15-6-5-14(9-16(15)22)24-20-26-25-18(30-20)17(27)23-13-3-1-10(2-4-13)11-7-12(8-11)19(28)29/h1-6,9,11-12H,7-8H2,(H,23,27)(H,24,26)(H,28,29). The van der Waals surface area contributed by atoms with Gasteiger partial charge in [0.2, 0.25) is 0 Å². The zero-order valence-corrected chi connectivity index (χ0v) is 15.4. The summed E-state index contributed by atoms with van der Waals surface area (Å²) in [7, 11) is 0. The van der Waals surface area contributed by atoms with Crippen molar-refractivity contribution in [2.45, 2.75) is 18.8 Å². The summed E-state index contributed by atoms with van der Waals surface area (Å²) in [6, 6.07) is 10.1. The number of nitrogens with one attached hydrogen (secondary N) is 2. The van der Waals surface area contributed by atoms with Crippen LogP contribution in [-0.2, 0) is 4.79 Å². The van der Waals surface area contributed by atoms with Crippen LogP contribution in [0.4, 0.5) is 26.2 Å². The Morgan fingerprint density at radius 1 is 1.00 bits per heavy atom. The van der Waals surface area contributed by atoms with Crippen LogP contribution in [0.5, 0.6) is 0 Å². The van der Waals surface area contributed by atoms with Crippen LogP contribution in [0.25, 0.3) is 0 Å². The van der Waals surface area contributed by atoms with Crippen LogP contribution in [-0.4, -0.2) is 27.2 Å². The van der Waals surface area contributed by atoms with Gasteiger partial charge in [-0.3, -0.25) is 9.59 Å². The third kappa shape index (κ3) is 4.12. The molecular weight excluding hydrogens is 398 g/mol. The van der Waals surface area contributed by atoms with Crippen LogP contribution in [0.3, 0.4) is 0 Å². The molecule has 0 bridgehead atoms. The zero-order chi connectivity index (χ0) is 21.3. The number of halogens is 2. The van der Waals surface area contributed by atoms with Crippen LogP contribution < -0.4 is 10.6 Å². The summed E-state index contributed by atoms with van der Waals surface area (Å²) in [6.07, 6.45) is 1.22. The van der Waals surface area contributed by atoms with Crippen LogP contribution in [0.15, 0.2) is 46.9 Å². The van der Waals surface area contributed by atoms with E-state index in [0.29, 0.717) is 18.5 Å². The average molecular weight is 414 g/mol. The molecule has 0 radical (unpaired) electrons. The molecule has 0 atom stereocenters. The van der Waals surface area contributed by atoms with Gasteiger partial charge in [-0.2, -0.15) is 0 Å². The van der Waals surface area contributed by atoms with Crippen molar-refractivity contribution in [3.63, 3.8) is 0 Å². The Morgan fingerprint density at radius 2 is 1.70 bits per heavy atom. The third-order valence-corrected chi connectivity index (χ3v) is 4.92. The molecule has 30 heavy (non-hydrogen) atoms. The first kappa shape index (κ1) is 19.5. The van der Waals surface area contributed by atoms with Crippen molar-refractivity contribution in [2.75, 3.05) is 10.6 Å². The number of anilines is 3. The van der Waals surface area contributed by atoms with Crippen LogP contribution in [0, 0.1) is 17.6 Å². The average Bonchev–Trinajstić information content (AvgIpc) is 3.13. The zero-order valence-electron chi connectivity index (χ0n) is 15.4. The van der Waals surface area contributed by atoms with Crippen molar-refractivity contribution in [3.05, 3.63) is 65.6 Å². The van der Waals surface area contributed by atoms with Gasteiger partial charge in [0.15, 0.2) is 11.6 Å². The maximum atomic E-state index is 13.2. The molecular formula is C20H16F2N4O4. The second kappa shape index (κ2) is 7.90. The summed E-state index contributed by atoms with van der Waals surface area (Å²) < 4.78 is 31.4. The highest BCUT2D eigenvalue weighted by Gasteiger charge is 2.35. The Morgan fingerprint density at radius 3 is 2.37 bits per heavy atom. The first-order chi connectivity index (χ1) is 14.4. The minimum absolute atomic E-state index is 0.153. The van der Waals surface area contributed by atoms with E-state index >= 15 is 0 Å². The lowest BCUT2D eigenvalue weighted by Gasteiger charge is -2.32. The summed E-state index contributed by atoms with van der Waals surface area (Å²) in [5.74, 6) is -3.83. The van der Waals surface area contributed by atoms with Gasteiger partial charge in [-0.05, 0) is 48.6 Å². The lowest BCUT2D eigenvalue weighted by molar-refractivity contribution is -0.145. The van der Waals surface area contributed by atoms with E-state index < -0.39 is 23.5 Å². The number of benzene rings is 2. The SMILES string of the molecule is O=C(Nc1ccc(C2CC(C(=O)O)C2)cc1)c1nnc(Nc2ccc(F)c(F)c2)o1. The number of carboxylic acid groups (broad SMARTS) is 1. The van der Waals surface area contributed by atoms with E-state index in [2.05, 4.69) is 20.8 Å². The third-order valence-electron chi connectivity index (χ3n) is 4.92. The Kier molecular flexibility index (Phi) is 5.13. The van der Waals surface area contributed by atoms with Gasteiger partial charge in [0, 0.05) is 17.4 Å². The molecule has 1 saturated carbocycles. The number of carboxylic acids is 1. The number of aliphatic carboxylic acids is 1. The predicted molar refractivity (Wildman–Crippen MR) is 101 cm³/mol. The van der Waals surface area contributed by atoms with Crippen LogP contribution in [0.1, 0.15) is 35.0 Å². The van der Waals surface area contributed by atoms with Crippen molar-refractivity contribution in [2.24, 2.45) is 5.92 Å². The van der Waals surface area contributed by atoms with Gasteiger partial charge in [0.25, 0.3) is 0 Å². The van der Waals surface area contributed by atoms with Gasteiger partial charge in [0.1, 0.15) is 0 Å². The Balaban J connectivity index is 1.35. The summed E-state index contributed by atoms with van der Waals surface area (Å²) in [4.78, 5) is 23.2. The predicted octanol–water partition coefficient (Wildman–Crippen LogP) is 3.92. The first-order valence-electron chi connectivity index (χ1n) is 9.09. The number of amides is 1. The second-order valence-corrected chi connectivity index (χ2v) is 6.95. The molecule has 1 aliphatic rings. The Bertz CT molecular complexity index is 1090. The molecule has 2 aromatic carbocycles. The molecule has 0 unspecified atom stereocenters. The molecule has 1 heterocycles. The summed E-state index contributed by atoms with van der Waals surface area (Å²) in [5, 5.41) is 21.4. The van der Waals surface area contributed by atoms with Crippen LogP contribution in [0.2, 0.25) is 0 Å². The molecule has 3 aromatic rings. The fourth-order valence-electron chi connectivity index (χ4n) is 3.18. The van der Waals surface area contributed by atoms with E-state index in [1.807, 2.05) is 12.1 Å². The first-order valence-corrected chi connectivity index (χ1v) is 9.09. The Hall–Kier alpha value is -3.82. The molecule has 3 N–H and O–H groups in total. The van der Waals surface area contributed by atoms with Crippen molar-refractivity contribution in [1.82, 2.24) is 10.2 Å². The van der Waals surface area contributed by atoms with Gasteiger partial charge in [0.05, 0.1) is 5.92 Å². The normalized spacial score (nSPS) is 17.8. The van der Waals surface area contributed by atoms with Crippen molar-refractivity contribution in [1.29, 1.82) is 0 Å². The quantitative estimate of drug-likeness (QED) is 0.560. The minimum atomic E-state index is -1.04. The number of rotatable bonds is 6. The molecule has 8 nitrogen and oxygen atoms in total. The number of carbonyl (C=O) groups excluding carboxylic acids is 1. The molecule has 0 saturated heterocycles. The monoisotopic (exact) mass is 414 g/mol. The van der Waals surface area contributed by atoms with Crippen molar-refractivity contribution < 1.29 is 27.9 Å². The molecule has 4 rings (SSSR count). The molecule has 1 amide bonds. The highest BCUT2D eigenvalue weighted by atomic mass is 19.2. The fourth-order valence-corrected chi connectivity index (χ4v) is 3.18. The summed E-state index contributed by atoms with van der Waals surface area (Å²) in [6.45, 7) is 0. The molecule has 154 valence electrons. The van der Waals surface area contributed by atoms with Crippen molar-refractivity contribution >= 4 is 29.3 Å². The van der Waals surface area contributed by atoms with E-state index in [1.165, 1.54) is 6.07 Å². The van der Waals surface area contributed by atoms with Gasteiger partial charge in [-0.15, -0.1) is 5.10 Å². The number of carbonyl (C=O) groups is 2.